The van der Waals surface area contributed by atoms with Crippen LogP contribution in [-0.4, -0.2) is 19.9 Å². The summed E-state index contributed by atoms with van der Waals surface area (Å²) in [5.41, 5.74) is 1.17. The Morgan fingerprint density at radius 3 is 2.52 bits per heavy atom. The largest absolute Gasteiger partial charge is 0.264 e. The molecule has 0 aliphatic rings. The predicted molar refractivity (Wildman–Crippen MR) is 86.5 cm³/mol. The summed E-state index contributed by atoms with van der Waals surface area (Å²) in [5, 5.41) is 0. The molecule has 21 heavy (non-hydrogen) atoms. The molecule has 1 heterocycles. The molecule has 1 N–H and O–H groups in total. The summed E-state index contributed by atoms with van der Waals surface area (Å²) in [4.78, 5) is 4.34. The lowest BCUT2D eigenvalue weighted by molar-refractivity contribution is 0.576. The molecule has 4 nitrogen and oxygen atoms in total. The van der Waals surface area contributed by atoms with E-state index in [1.165, 1.54) is 5.56 Å². The van der Waals surface area contributed by atoms with Crippen LogP contribution in [0.15, 0.2) is 58.2 Å². The summed E-state index contributed by atoms with van der Waals surface area (Å²) in [7, 11) is -3.41. The zero-order valence-corrected chi connectivity index (χ0v) is 13.9. The van der Waals surface area contributed by atoms with E-state index in [9.17, 15) is 8.42 Å². The van der Waals surface area contributed by atoms with Crippen LogP contribution >= 0.6 is 15.9 Å². The first-order chi connectivity index (χ1) is 10.1. The van der Waals surface area contributed by atoms with Crippen molar-refractivity contribution >= 4 is 26.0 Å². The van der Waals surface area contributed by atoms with E-state index in [0.29, 0.717) is 6.54 Å². The van der Waals surface area contributed by atoms with Crippen LogP contribution in [-0.2, 0) is 16.4 Å². The Labute approximate surface area is 133 Å². The second kappa shape index (κ2) is 7.68. The number of hydrogen-bond donors (Lipinski definition) is 1. The van der Waals surface area contributed by atoms with Gasteiger partial charge in [-0.15, -0.1) is 0 Å². The highest BCUT2D eigenvalue weighted by atomic mass is 79.9. The van der Waals surface area contributed by atoms with Crippen LogP contribution in [0.5, 0.6) is 0 Å². The molecule has 6 heteroatoms. The molecule has 0 atom stereocenters. The van der Waals surface area contributed by atoms with Crippen molar-refractivity contribution in [3.05, 3.63) is 58.8 Å². The summed E-state index contributed by atoms with van der Waals surface area (Å²) in [5.74, 6) is 0. The molecule has 0 aliphatic heterocycles. The van der Waals surface area contributed by atoms with Crippen molar-refractivity contribution in [2.45, 2.75) is 24.2 Å². The Balaban J connectivity index is 1.76. The van der Waals surface area contributed by atoms with Gasteiger partial charge in [-0.3, -0.25) is 4.98 Å². The Morgan fingerprint density at radius 2 is 1.86 bits per heavy atom. The van der Waals surface area contributed by atoms with Crippen molar-refractivity contribution in [3.8, 4) is 0 Å². The number of nitrogens with one attached hydrogen (secondary N) is 1. The molecular formula is C15H17BrN2O2S. The van der Waals surface area contributed by atoms with Gasteiger partial charge in [-0.25, -0.2) is 13.1 Å². The molecule has 2 aromatic rings. The topological polar surface area (TPSA) is 59.1 Å². The number of aryl methyl sites for hydroxylation is 1. The number of aromatic nitrogens is 1. The fourth-order valence-corrected chi connectivity index (χ4v) is 3.24. The number of nitrogens with zero attached hydrogens (tertiary/aromatic N) is 1. The molecular weight excluding hydrogens is 352 g/mol. The van der Waals surface area contributed by atoms with E-state index in [-0.39, 0.29) is 4.90 Å². The van der Waals surface area contributed by atoms with Crippen molar-refractivity contribution in [1.82, 2.24) is 9.71 Å². The Morgan fingerprint density at radius 1 is 1.10 bits per heavy atom. The Bertz CT molecular complexity index is 658. The SMILES string of the molecule is O=S(=O)(NCCCCc1cccnc1)c1ccc(Br)cc1. The molecule has 0 bridgehead atoms. The van der Waals surface area contributed by atoms with Gasteiger partial charge in [0.2, 0.25) is 10.0 Å². The lowest BCUT2D eigenvalue weighted by Crippen LogP contribution is -2.24. The maximum absolute atomic E-state index is 12.0. The monoisotopic (exact) mass is 368 g/mol. The van der Waals surface area contributed by atoms with E-state index in [0.717, 1.165) is 23.7 Å². The molecule has 0 aliphatic carbocycles. The first kappa shape index (κ1) is 16.1. The van der Waals surface area contributed by atoms with Gasteiger partial charge >= 0.3 is 0 Å². The van der Waals surface area contributed by atoms with Crippen LogP contribution in [0.2, 0.25) is 0 Å². The molecule has 0 saturated carbocycles. The number of unbranched alkanes of at least 4 members (excludes halogenated alkanes) is 1. The highest BCUT2D eigenvalue weighted by Crippen LogP contribution is 2.14. The van der Waals surface area contributed by atoms with Gasteiger partial charge in [0.1, 0.15) is 0 Å². The maximum Gasteiger partial charge on any atom is 0.240 e. The van der Waals surface area contributed by atoms with Crippen molar-refractivity contribution in [3.63, 3.8) is 0 Å². The minimum atomic E-state index is -3.41. The van der Waals surface area contributed by atoms with E-state index in [1.807, 2.05) is 18.3 Å². The number of halogens is 1. The van der Waals surface area contributed by atoms with Gasteiger partial charge in [-0.2, -0.15) is 0 Å². The predicted octanol–water partition coefficient (Wildman–Crippen LogP) is 3.15. The van der Waals surface area contributed by atoms with Crippen LogP contribution in [0, 0.1) is 0 Å². The molecule has 0 fully saturated rings. The Kier molecular flexibility index (Phi) is 5.90. The average molecular weight is 369 g/mol. The highest BCUT2D eigenvalue weighted by Gasteiger charge is 2.12. The van der Waals surface area contributed by atoms with E-state index >= 15 is 0 Å². The number of hydrogen-bond acceptors (Lipinski definition) is 3. The van der Waals surface area contributed by atoms with Crippen molar-refractivity contribution in [1.29, 1.82) is 0 Å². The first-order valence-corrected chi connectivity index (χ1v) is 9.00. The van der Waals surface area contributed by atoms with Crippen LogP contribution in [0.3, 0.4) is 0 Å². The normalized spacial score (nSPS) is 11.5. The van der Waals surface area contributed by atoms with Crippen LogP contribution in [0.25, 0.3) is 0 Å². The molecule has 1 aromatic heterocycles. The highest BCUT2D eigenvalue weighted by molar-refractivity contribution is 9.10. The fraction of sp³-hybridized carbons (Fsp3) is 0.267. The van der Waals surface area contributed by atoms with Gasteiger partial charge < -0.3 is 0 Å². The number of rotatable bonds is 7. The van der Waals surface area contributed by atoms with Gasteiger partial charge in [0.05, 0.1) is 4.90 Å². The third-order valence-corrected chi connectivity index (χ3v) is 5.04. The average Bonchev–Trinajstić information content (AvgIpc) is 2.48. The summed E-state index contributed by atoms with van der Waals surface area (Å²) in [6, 6.07) is 10.5. The lowest BCUT2D eigenvalue weighted by Gasteiger charge is -2.07. The molecule has 112 valence electrons. The van der Waals surface area contributed by atoms with Gasteiger partial charge in [-0.1, -0.05) is 22.0 Å². The van der Waals surface area contributed by atoms with E-state index in [2.05, 4.69) is 25.6 Å². The summed E-state index contributed by atoms with van der Waals surface area (Å²) in [6.45, 7) is 0.443. The van der Waals surface area contributed by atoms with E-state index in [1.54, 1.807) is 30.5 Å². The quantitative estimate of drug-likeness (QED) is 0.763. The third-order valence-electron chi connectivity index (χ3n) is 3.03. The summed E-state index contributed by atoms with van der Waals surface area (Å²) >= 11 is 3.29. The minimum Gasteiger partial charge on any atom is -0.264 e. The standard InChI is InChI=1S/C15H17BrN2O2S/c16-14-6-8-15(9-7-14)21(19,20)18-11-2-1-4-13-5-3-10-17-12-13/h3,5-10,12,18H,1-2,4,11H2. The van der Waals surface area contributed by atoms with Gasteiger partial charge in [0.25, 0.3) is 0 Å². The van der Waals surface area contributed by atoms with Crippen molar-refractivity contribution < 1.29 is 8.42 Å². The molecule has 1 aromatic carbocycles. The number of sulfonamides is 1. The molecule has 0 amide bonds. The maximum atomic E-state index is 12.0. The van der Waals surface area contributed by atoms with Crippen molar-refractivity contribution in [2.75, 3.05) is 6.54 Å². The van der Waals surface area contributed by atoms with Crippen molar-refractivity contribution in [2.24, 2.45) is 0 Å². The van der Waals surface area contributed by atoms with Crippen LogP contribution in [0.4, 0.5) is 0 Å². The minimum absolute atomic E-state index is 0.290. The third kappa shape index (κ3) is 5.22. The van der Waals surface area contributed by atoms with Gasteiger partial charge in [-0.05, 0) is 55.2 Å². The van der Waals surface area contributed by atoms with Crippen LogP contribution in [0.1, 0.15) is 18.4 Å². The molecule has 0 spiro atoms. The van der Waals surface area contributed by atoms with Crippen LogP contribution < -0.4 is 4.72 Å². The molecule has 2 rings (SSSR count). The summed E-state index contributed by atoms with van der Waals surface area (Å²) < 4.78 is 27.6. The zero-order chi connectivity index (χ0) is 15.1. The molecule has 0 saturated heterocycles. The first-order valence-electron chi connectivity index (χ1n) is 6.72. The van der Waals surface area contributed by atoms with E-state index < -0.39 is 10.0 Å². The fourth-order valence-electron chi connectivity index (χ4n) is 1.90. The lowest BCUT2D eigenvalue weighted by atomic mass is 10.1. The molecule has 0 unspecified atom stereocenters. The smallest absolute Gasteiger partial charge is 0.240 e. The second-order valence-electron chi connectivity index (χ2n) is 4.67. The van der Waals surface area contributed by atoms with E-state index in [4.69, 9.17) is 0 Å². The van der Waals surface area contributed by atoms with Gasteiger partial charge in [0.15, 0.2) is 0 Å². The number of pyridine rings is 1. The second-order valence-corrected chi connectivity index (χ2v) is 7.35. The zero-order valence-electron chi connectivity index (χ0n) is 11.5. The van der Waals surface area contributed by atoms with Gasteiger partial charge in [0, 0.05) is 23.4 Å². The summed E-state index contributed by atoms with van der Waals surface area (Å²) in [6.07, 6.45) is 6.22. The Hall–Kier alpha value is -1.24. The number of benzene rings is 1. The molecule has 0 radical (unpaired) electrons.